The first-order chi connectivity index (χ1) is 8.24. The first kappa shape index (κ1) is 11.9. The van der Waals surface area contributed by atoms with E-state index >= 15 is 0 Å². The Morgan fingerprint density at radius 3 is 2.65 bits per heavy atom. The molecule has 1 aromatic heterocycles. The van der Waals surface area contributed by atoms with E-state index < -0.39 is 0 Å². The molecule has 1 heterocycles. The number of methoxy groups -OCH3 is 1. The van der Waals surface area contributed by atoms with Crippen molar-refractivity contribution in [3.63, 3.8) is 0 Å². The van der Waals surface area contributed by atoms with Crippen molar-refractivity contribution in [3.8, 4) is 10.4 Å². The second kappa shape index (κ2) is 5.15. The number of carbonyl (C=O) groups is 1. The van der Waals surface area contributed by atoms with Crippen molar-refractivity contribution in [2.75, 3.05) is 7.11 Å². The van der Waals surface area contributed by atoms with Crippen molar-refractivity contribution in [1.82, 2.24) is 0 Å². The van der Waals surface area contributed by atoms with E-state index in [1.165, 1.54) is 12.0 Å². The predicted octanol–water partition coefficient (Wildman–Crippen LogP) is 3.69. The Kier molecular flexibility index (Phi) is 3.59. The van der Waals surface area contributed by atoms with E-state index in [1.807, 2.05) is 42.6 Å². The highest BCUT2D eigenvalue weighted by Gasteiger charge is 2.19. The van der Waals surface area contributed by atoms with Gasteiger partial charge in [0, 0.05) is 4.88 Å². The van der Waals surface area contributed by atoms with E-state index in [-0.39, 0.29) is 11.9 Å². The summed E-state index contributed by atoms with van der Waals surface area (Å²) in [5.41, 5.74) is 2.13. The van der Waals surface area contributed by atoms with Gasteiger partial charge in [-0.05, 0) is 29.5 Å². The molecule has 0 N–H and O–H groups in total. The number of hydrogen-bond donors (Lipinski definition) is 0. The number of esters is 1. The number of rotatable bonds is 3. The summed E-state index contributed by atoms with van der Waals surface area (Å²) in [6.45, 7) is 1.87. The lowest BCUT2D eigenvalue weighted by molar-refractivity contribution is -0.141. The fourth-order valence-electron chi connectivity index (χ4n) is 1.83. The molecule has 0 aliphatic carbocycles. The Bertz CT molecular complexity index is 503. The van der Waals surface area contributed by atoms with Crippen LogP contribution in [0.3, 0.4) is 0 Å². The molecule has 1 unspecified atom stereocenters. The van der Waals surface area contributed by atoms with Gasteiger partial charge in [0.15, 0.2) is 0 Å². The normalized spacial score (nSPS) is 12.1. The van der Waals surface area contributed by atoms with Crippen molar-refractivity contribution in [1.29, 1.82) is 0 Å². The summed E-state index contributed by atoms with van der Waals surface area (Å²) in [6, 6.07) is 12.0. The molecule has 0 aliphatic heterocycles. The quantitative estimate of drug-likeness (QED) is 0.772. The van der Waals surface area contributed by atoms with Crippen molar-refractivity contribution < 1.29 is 9.53 Å². The zero-order valence-electron chi connectivity index (χ0n) is 9.84. The number of benzene rings is 1. The molecule has 2 nitrogen and oxygen atoms in total. The van der Waals surface area contributed by atoms with Crippen LogP contribution < -0.4 is 0 Å². The third kappa shape index (κ3) is 2.39. The summed E-state index contributed by atoms with van der Waals surface area (Å²) < 4.78 is 4.80. The minimum Gasteiger partial charge on any atom is -0.469 e. The van der Waals surface area contributed by atoms with Crippen LogP contribution in [0.25, 0.3) is 10.4 Å². The highest BCUT2D eigenvalue weighted by Crippen LogP contribution is 2.32. The molecule has 1 aromatic carbocycles. The fourth-order valence-corrected chi connectivity index (χ4v) is 2.61. The van der Waals surface area contributed by atoms with Gasteiger partial charge in [0.2, 0.25) is 0 Å². The molecule has 2 aromatic rings. The van der Waals surface area contributed by atoms with Gasteiger partial charge in [-0.15, -0.1) is 11.3 Å². The molecule has 0 saturated heterocycles. The van der Waals surface area contributed by atoms with Gasteiger partial charge in [0.25, 0.3) is 0 Å². The van der Waals surface area contributed by atoms with Gasteiger partial charge in [-0.3, -0.25) is 4.79 Å². The summed E-state index contributed by atoms with van der Waals surface area (Å²) in [6.07, 6.45) is 0. The standard InChI is InChI=1S/C14H14O2S/c1-10(14(15)16-2)11-6-3-4-7-12(11)13-8-5-9-17-13/h3-10H,1-2H3. The molecule has 0 radical (unpaired) electrons. The third-order valence-electron chi connectivity index (χ3n) is 2.77. The Morgan fingerprint density at radius 2 is 2.00 bits per heavy atom. The van der Waals surface area contributed by atoms with E-state index in [1.54, 1.807) is 11.3 Å². The van der Waals surface area contributed by atoms with Crippen molar-refractivity contribution >= 4 is 17.3 Å². The number of ether oxygens (including phenoxy) is 1. The maximum Gasteiger partial charge on any atom is 0.312 e. The molecular formula is C14H14O2S. The van der Waals surface area contributed by atoms with Crippen LogP contribution in [0.4, 0.5) is 0 Å². The molecule has 1 atom stereocenters. The van der Waals surface area contributed by atoms with Gasteiger partial charge in [0.05, 0.1) is 13.0 Å². The van der Waals surface area contributed by atoms with E-state index in [2.05, 4.69) is 6.07 Å². The zero-order valence-corrected chi connectivity index (χ0v) is 10.7. The Labute approximate surface area is 105 Å². The predicted molar refractivity (Wildman–Crippen MR) is 70.2 cm³/mol. The Morgan fingerprint density at radius 1 is 1.24 bits per heavy atom. The van der Waals surface area contributed by atoms with Crippen LogP contribution in [0.5, 0.6) is 0 Å². The Balaban J connectivity index is 2.44. The average molecular weight is 246 g/mol. The van der Waals surface area contributed by atoms with Crippen molar-refractivity contribution in [2.24, 2.45) is 0 Å². The first-order valence-corrected chi connectivity index (χ1v) is 6.32. The second-order valence-corrected chi connectivity index (χ2v) is 4.76. The summed E-state index contributed by atoms with van der Waals surface area (Å²) in [5.74, 6) is -0.438. The van der Waals surface area contributed by atoms with Crippen molar-refractivity contribution in [2.45, 2.75) is 12.8 Å². The monoisotopic (exact) mass is 246 g/mol. The summed E-state index contributed by atoms with van der Waals surface area (Å²) in [5, 5.41) is 2.04. The molecule has 0 saturated carbocycles. The van der Waals surface area contributed by atoms with Gasteiger partial charge in [-0.2, -0.15) is 0 Å². The SMILES string of the molecule is COC(=O)C(C)c1ccccc1-c1cccs1. The van der Waals surface area contributed by atoms with E-state index in [0.29, 0.717) is 0 Å². The molecule has 0 bridgehead atoms. The van der Waals surface area contributed by atoms with Gasteiger partial charge >= 0.3 is 5.97 Å². The molecular weight excluding hydrogens is 232 g/mol. The zero-order chi connectivity index (χ0) is 12.3. The van der Waals surface area contributed by atoms with Crippen molar-refractivity contribution in [3.05, 3.63) is 47.3 Å². The number of carbonyl (C=O) groups excluding carboxylic acids is 1. The molecule has 0 fully saturated rings. The molecule has 0 amide bonds. The van der Waals surface area contributed by atoms with E-state index in [0.717, 1.165) is 11.1 Å². The number of hydrogen-bond acceptors (Lipinski definition) is 3. The molecule has 3 heteroatoms. The largest absolute Gasteiger partial charge is 0.469 e. The van der Waals surface area contributed by atoms with Crippen LogP contribution in [0, 0.1) is 0 Å². The number of thiophene rings is 1. The molecule has 0 spiro atoms. The molecule has 2 rings (SSSR count). The smallest absolute Gasteiger partial charge is 0.312 e. The summed E-state index contributed by atoms with van der Waals surface area (Å²) in [7, 11) is 1.42. The highest BCUT2D eigenvalue weighted by molar-refractivity contribution is 7.13. The van der Waals surface area contributed by atoms with Gasteiger partial charge in [-0.25, -0.2) is 0 Å². The topological polar surface area (TPSA) is 26.3 Å². The van der Waals surface area contributed by atoms with Crippen LogP contribution in [0.1, 0.15) is 18.4 Å². The highest BCUT2D eigenvalue weighted by atomic mass is 32.1. The van der Waals surface area contributed by atoms with E-state index in [9.17, 15) is 4.79 Å². The van der Waals surface area contributed by atoms with E-state index in [4.69, 9.17) is 4.74 Å². The lowest BCUT2D eigenvalue weighted by atomic mass is 9.95. The van der Waals surface area contributed by atoms with Crippen LogP contribution in [0.15, 0.2) is 41.8 Å². The van der Waals surface area contributed by atoms with Crippen LogP contribution in [-0.2, 0) is 9.53 Å². The van der Waals surface area contributed by atoms with Crippen LogP contribution >= 0.6 is 11.3 Å². The van der Waals surface area contributed by atoms with Gasteiger partial charge in [0.1, 0.15) is 0 Å². The lowest BCUT2D eigenvalue weighted by Crippen LogP contribution is -2.11. The summed E-state index contributed by atoms with van der Waals surface area (Å²) >= 11 is 1.67. The van der Waals surface area contributed by atoms with Gasteiger partial charge in [-0.1, -0.05) is 30.3 Å². The lowest BCUT2D eigenvalue weighted by Gasteiger charge is -2.13. The third-order valence-corrected chi connectivity index (χ3v) is 3.67. The van der Waals surface area contributed by atoms with Crippen LogP contribution in [0.2, 0.25) is 0 Å². The molecule has 17 heavy (non-hydrogen) atoms. The Hall–Kier alpha value is -1.61. The average Bonchev–Trinajstić information content (AvgIpc) is 2.90. The second-order valence-electron chi connectivity index (χ2n) is 3.81. The summed E-state index contributed by atoms with van der Waals surface area (Å²) in [4.78, 5) is 12.8. The molecule has 88 valence electrons. The maximum atomic E-state index is 11.6. The minimum atomic E-state index is -0.238. The molecule has 0 aliphatic rings. The van der Waals surface area contributed by atoms with Crippen LogP contribution in [-0.4, -0.2) is 13.1 Å². The minimum absolute atomic E-state index is 0.200. The maximum absolute atomic E-state index is 11.6. The van der Waals surface area contributed by atoms with Gasteiger partial charge < -0.3 is 4.74 Å². The first-order valence-electron chi connectivity index (χ1n) is 5.44. The fraction of sp³-hybridized carbons (Fsp3) is 0.214.